The van der Waals surface area contributed by atoms with Crippen molar-refractivity contribution < 1.29 is 9.59 Å². The Bertz CT molecular complexity index is 973. The maximum atomic E-state index is 13.5. The molecule has 2 amide bonds. The van der Waals surface area contributed by atoms with E-state index in [2.05, 4.69) is 33.3 Å². The predicted molar refractivity (Wildman–Crippen MR) is 115 cm³/mol. The van der Waals surface area contributed by atoms with Gasteiger partial charge in [0.25, 0.3) is 5.91 Å². The van der Waals surface area contributed by atoms with E-state index in [-0.39, 0.29) is 11.8 Å². The summed E-state index contributed by atoms with van der Waals surface area (Å²) in [6.45, 7) is 3.08. The highest BCUT2D eigenvalue weighted by atomic mass is 16.2. The molecule has 0 radical (unpaired) electrons. The summed E-state index contributed by atoms with van der Waals surface area (Å²) >= 11 is 0. The molecular formula is C23H26N4O2. The number of amides is 2. The molecule has 29 heavy (non-hydrogen) atoms. The van der Waals surface area contributed by atoms with Gasteiger partial charge in [-0.25, -0.2) is 0 Å². The van der Waals surface area contributed by atoms with Gasteiger partial charge < -0.3 is 20.0 Å². The first kappa shape index (κ1) is 18.0. The van der Waals surface area contributed by atoms with Crippen molar-refractivity contribution >= 4 is 28.9 Å². The molecule has 150 valence electrons. The summed E-state index contributed by atoms with van der Waals surface area (Å²) < 4.78 is 0. The smallest absolute Gasteiger partial charge is 0.254 e. The van der Waals surface area contributed by atoms with Gasteiger partial charge in [0, 0.05) is 56.9 Å². The van der Waals surface area contributed by atoms with Crippen LogP contribution in [-0.4, -0.2) is 49.4 Å². The average molecular weight is 390 g/mol. The molecule has 6 heteroatoms. The standard InChI is InChI=1S/C23H26N4O2/c1-25-12-10-22(28)24-19-13-16(8-9-21(19)25)23(29)26-14-17-5-2-3-7-20(17)27-11-4-6-18(27)15-26/h2-3,5,7-9,13,18H,4,6,10-12,14-15H2,1H3,(H,24,28)/t18-/m0/s1. The number of carbonyl (C=O) groups excluding carboxylic acids is 2. The summed E-state index contributed by atoms with van der Waals surface area (Å²) in [5.74, 6) is 0.0167. The molecule has 1 fully saturated rings. The third-order valence-electron chi connectivity index (χ3n) is 6.36. The Morgan fingerprint density at radius 2 is 1.97 bits per heavy atom. The van der Waals surface area contributed by atoms with Crippen molar-refractivity contribution in [2.75, 3.05) is 41.8 Å². The molecule has 0 saturated carbocycles. The maximum absolute atomic E-state index is 13.5. The van der Waals surface area contributed by atoms with E-state index in [4.69, 9.17) is 0 Å². The molecule has 5 rings (SSSR count). The quantitative estimate of drug-likeness (QED) is 0.813. The molecule has 0 aliphatic carbocycles. The Hall–Kier alpha value is -3.02. The zero-order valence-electron chi connectivity index (χ0n) is 16.7. The van der Waals surface area contributed by atoms with Gasteiger partial charge in [-0.05, 0) is 42.7 Å². The van der Waals surface area contributed by atoms with E-state index in [9.17, 15) is 9.59 Å². The fourth-order valence-corrected chi connectivity index (χ4v) is 4.83. The van der Waals surface area contributed by atoms with E-state index in [1.807, 2.05) is 36.2 Å². The molecule has 3 heterocycles. The van der Waals surface area contributed by atoms with E-state index in [1.54, 1.807) is 0 Å². The van der Waals surface area contributed by atoms with Crippen LogP contribution < -0.4 is 15.1 Å². The number of nitrogens with one attached hydrogen (secondary N) is 1. The highest BCUT2D eigenvalue weighted by molar-refractivity contribution is 6.01. The summed E-state index contributed by atoms with van der Waals surface area (Å²) in [6, 6.07) is 14.5. The Balaban J connectivity index is 1.47. The molecule has 0 aromatic heterocycles. The Morgan fingerprint density at radius 1 is 1.10 bits per heavy atom. The summed E-state index contributed by atoms with van der Waals surface area (Å²) in [7, 11) is 1.97. The van der Waals surface area contributed by atoms with Crippen molar-refractivity contribution in [1.82, 2.24) is 4.90 Å². The molecular weight excluding hydrogens is 364 g/mol. The third kappa shape index (κ3) is 3.22. The van der Waals surface area contributed by atoms with E-state index >= 15 is 0 Å². The van der Waals surface area contributed by atoms with Gasteiger partial charge in [0.1, 0.15) is 0 Å². The number of nitrogens with zero attached hydrogens (tertiary/aromatic N) is 3. The van der Waals surface area contributed by atoms with Crippen LogP contribution in [0.1, 0.15) is 35.2 Å². The highest BCUT2D eigenvalue weighted by Crippen LogP contribution is 2.34. The van der Waals surface area contributed by atoms with Crippen LogP contribution >= 0.6 is 0 Å². The Kier molecular flexibility index (Phi) is 4.42. The summed E-state index contributed by atoms with van der Waals surface area (Å²) in [5, 5.41) is 2.96. The number of rotatable bonds is 1. The highest BCUT2D eigenvalue weighted by Gasteiger charge is 2.33. The zero-order chi connectivity index (χ0) is 20.0. The number of fused-ring (bicyclic) bond motifs is 4. The van der Waals surface area contributed by atoms with E-state index in [0.29, 0.717) is 31.1 Å². The van der Waals surface area contributed by atoms with Gasteiger partial charge in [-0.15, -0.1) is 0 Å². The largest absolute Gasteiger partial charge is 0.372 e. The molecule has 6 nitrogen and oxygen atoms in total. The molecule has 0 bridgehead atoms. The molecule has 1 atom stereocenters. The second kappa shape index (κ2) is 7.10. The van der Waals surface area contributed by atoms with Gasteiger partial charge in [0.2, 0.25) is 5.91 Å². The van der Waals surface area contributed by atoms with Crippen LogP contribution in [0.15, 0.2) is 42.5 Å². The van der Waals surface area contributed by atoms with Crippen molar-refractivity contribution in [3.8, 4) is 0 Å². The van der Waals surface area contributed by atoms with Gasteiger partial charge in [-0.2, -0.15) is 0 Å². The zero-order valence-corrected chi connectivity index (χ0v) is 16.7. The van der Waals surface area contributed by atoms with Crippen molar-refractivity contribution in [3.63, 3.8) is 0 Å². The minimum Gasteiger partial charge on any atom is -0.372 e. The van der Waals surface area contributed by atoms with E-state index in [0.717, 1.165) is 37.3 Å². The minimum atomic E-state index is -0.00880. The lowest BCUT2D eigenvalue weighted by Crippen LogP contribution is -2.40. The first-order valence-corrected chi connectivity index (χ1v) is 10.4. The Labute approximate surface area is 171 Å². The first-order valence-electron chi connectivity index (χ1n) is 10.4. The normalized spacial score (nSPS) is 20.9. The van der Waals surface area contributed by atoms with Gasteiger partial charge >= 0.3 is 0 Å². The molecule has 2 aromatic carbocycles. The van der Waals surface area contributed by atoms with Gasteiger partial charge in [0.15, 0.2) is 0 Å². The van der Waals surface area contributed by atoms with Crippen LogP contribution in [0.3, 0.4) is 0 Å². The average Bonchev–Trinajstić information content (AvgIpc) is 3.06. The van der Waals surface area contributed by atoms with Gasteiger partial charge in [-0.3, -0.25) is 9.59 Å². The summed E-state index contributed by atoms with van der Waals surface area (Å²) in [5.41, 5.74) is 4.77. The number of para-hydroxylation sites is 1. The predicted octanol–water partition coefficient (Wildman–Crippen LogP) is 3.09. The minimum absolute atomic E-state index is 0.00880. The van der Waals surface area contributed by atoms with Crippen LogP contribution in [0.2, 0.25) is 0 Å². The SMILES string of the molecule is CN1CCC(=O)Nc2cc(C(=O)N3Cc4ccccc4N4CCC[C@H]4C3)ccc21. The van der Waals surface area contributed by atoms with Crippen molar-refractivity contribution in [2.24, 2.45) is 0 Å². The van der Waals surface area contributed by atoms with Crippen LogP contribution in [-0.2, 0) is 11.3 Å². The lowest BCUT2D eigenvalue weighted by Gasteiger charge is -2.28. The van der Waals surface area contributed by atoms with Crippen LogP contribution in [0, 0.1) is 0 Å². The second-order valence-corrected chi connectivity index (χ2v) is 8.26. The lowest BCUT2D eigenvalue weighted by molar-refractivity contribution is -0.115. The number of anilines is 3. The second-order valence-electron chi connectivity index (χ2n) is 8.26. The number of hydrogen-bond donors (Lipinski definition) is 1. The van der Waals surface area contributed by atoms with Gasteiger partial charge in [-0.1, -0.05) is 18.2 Å². The maximum Gasteiger partial charge on any atom is 0.254 e. The summed E-state index contributed by atoms with van der Waals surface area (Å²) in [4.78, 5) is 32.0. The van der Waals surface area contributed by atoms with Crippen molar-refractivity contribution in [3.05, 3.63) is 53.6 Å². The molecule has 0 spiro atoms. The van der Waals surface area contributed by atoms with E-state index < -0.39 is 0 Å². The fourth-order valence-electron chi connectivity index (χ4n) is 4.83. The van der Waals surface area contributed by atoms with E-state index in [1.165, 1.54) is 11.3 Å². The van der Waals surface area contributed by atoms with Gasteiger partial charge in [0.05, 0.1) is 11.4 Å². The first-order chi connectivity index (χ1) is 14.1. The van der Waals surface area contributed by atoms with Crippen molar-refractivity contribution in [1.29, 1.82) is 0 Å². The fraction of sp³-hybridized carbons (Fsp3) is 0.391. The number of carbonyl (C=O) groups is 2. The molecule has 1 saturated heterocycles. The van der Waals surface area contributed by atoms with Crippen molar-refractivity contribution in [2.45, 2.75) is 31.8 Å². The molecule has 3 aliphatic heterocycles. The monoisotopic (exact) mass is 390 g/mol. The number of hydrogen-bond acceptors (Lipinski definition) is 4. The number of benzene rings is 2. The van der Waals surface area contributed by atoms with Crippen LogP contribution in [0.25, 0.3) is 0 Å². The van der Waals surface area contributed by atoms with Crippen LogP contribution in [0.4, 0.5) is 17.1 Å². The van der Waals surface area contributed by atoms with Crippen LogP contribution in [0.5, 0.6) is 0 Å². The summed E-state index contributed by atoms with van der Waals surface area (Å²) in [6.07, 6.45) is 2.73. The molecule has 0 unspecified atom stereocenters. The Morgan fingerprint density at radius 3 is 2.86 bits per heavy atom. The topological polar surface area (TPSA) is 55.9 Å². The molecule has 1 N–H and O–H groups in total. The lowest BCUT2D eigenvalue weighted by atomic mass is 10.1. The third-order valence-corrected chi connectivity index (χ3v) is 6.36. The molecule has 3 aliphatic rings. The molecule has 2 aromatic rings.